The Morgan fingerprint density at radius 2 is 1.72 bits per heavy atom. The quantitative estimate of drug-likeness (QED) is 0.153. The van der Waals surface area contributed by atoms with E-state index in [0.717, 1.165) is 70.1 Å². The molecular formula is C25H37IN4O2. The molecule has 0 aliphatic heterocycles. The molecule has 7 heteroatoms. The van der Waals surface area contributed by atoms with Crippen molar-refractivity contribution in [3.63, 3.8) is 0 Å². The lowest BCUT2D eigenvalue weighted by atomic mass is 10.1. The van der Waals surface area contributed by atoms with Gasteiger partial charge in [-0.2, -0.15) is 0 Å². The van der Waals surface area contributed by atoms with Crippen LogP contribution in [0.1, 0.15) is 41.3 Å². The van der Waals surface area contributed by atoms with E-state index in [1.54, 1.807) is 7.05 Å². The van der Waals surface area contributed by atoms with Crippen LogP contribution in [0.15, 0.2) is 59.6 Å². The molecule has 2 aromatic carbocycles. The molecule has 0 heterocycles. The van der Waals surface area contributed by atoms with Crippen molar-refractivity contribution in [3.05, 3.63) is 71.3 Å². The Morgan fingerprint density at radius 1 is 0.938 bits per heavy atom. The molecule has 0 atom stereocenters. The van der Waals surface area contributed by atoms with E-state index < -0.39 is 0 Å². The molecule has 0 spiro atoms. The predicted molar refractivity (Wildman–Crippen MR) is 143 cm³/mol. The summed E-state index contributed by atoms with van der Waals surface area (Å²) in [5, 5.41) is 9.31. The van der Waals surface area contributed by atoms with Crippen LogP contribution in [0.25, 0.3) is 0 Å². The second kappa shape index (κ2) is 17.4. The highest BCUT2D eigenvalue weighted by molar-refractivity contribution is 14.0. The second-order valence-corrected chi connectivity index (χ2v) is 7.27. The number of hydrogen-bond acceptors (Lipinski definition) is 3. The second-order valence-electron chi connectivity index (χ2n) is 7.27. The number of nitrogens with one attached hydrogen (secondary N) is 3. The van der Waals surface area contributed by atoms with E-state index in [0.29, 0.717) is 5.56 Å². The summed E-state index contributed by atoms with van der Waals surface area (Å²) in [7, 11) is 1.65. The van der Waals surface area contributed by atoms with Gasteiger partial charge in [0.05, 0.1) is 6.61 Å². The molecule has 0 saturated carbocycles. The Morgan fingerprint density at radius 3 is 2.47 bits per heavy atom. The van der Waals surface area contributed by atoms with Crippen LogP contribution in [0.4, 0.5) is 0 Å². The highest BCUT2D eigenvalue weighted by Gasteiger charge is 2.04. The highest BCUT2D eigenvalue weighted by atomic mass is 127. The van der Waals surface area contributed by atoms with E-state index in [9.17, 15) is 4.79 Å². The Balaban J connectivity index is 0.00000512. The number of nitrogens with zero attached hydrogens (tertiary/aromatic N) is 1. The molecule has 0 aliphatic rings. The summed E-state index contributed by atoms with van der Waals surface area (Å²) >= 11 is 0. The highest BCUT2D eigenvalue weighted by Crippen LogP contribution is 2.06. The van der Waals surface area contributed by atoms with Gasteiger partial charge in [-0.05, 0) is 55.9 Å². The van der Waals surface area contributed by atoms with Crippen molar-refractivity contribution in [2.45, 2.75) is 32.6 Å². The third-order valence-electron chi connectivity index (χ3n) is 4.81. The molecule has 1 amide bonds. The van der Waals surface area contributed by atoms with Gasteiger partial charge in [0, 0.05) is 38.9 Å². The molecule has 0 bridgehead atoms. The van der Waals surface area contributed by atoms with Gasteiger partial charge in [-0.3, -0.25) is 9.79 Å². The van der Waals surface area contributed by atoms with Gasteiger partial charge in [0.15, 0.2) is 5.96 Å². The van der Waals surface area contributed by atoms with Crippen molar-refractivity contribution in [3.8, 4) is 0 Å². The molecule has 3 N–H and O–H groups in total. The van der Waals surface area contributed by atoms with Crippen LogP contribution >= 0.6 is 24.0 Å². The van der Waals surface area contributed by atoms with Gasteiger partial charge in [-0.1, -0.05) is 42.5 Å². The number of aliphatic imine (C=N–C) groups is 1. The maximum absolute atomic E-state index is 11.8. The number of hydrogen-bond donors (Lipinski definition) is 3. The standard InChI is InChI=1S/C25H36N4O2.HI/c1-3-27-25(29-17-14-22-12-9-13-23(20-22)24(30)26-2)28-16-7-8-18-31-19-15-21-10-5-4-6-11-21;/h4-6,9-13,20H,3,7-8,14-19H2,1-2H3,(H,26,30)(H2,27,28,29);1H. The summed E-state index contributed by atoms with van der Waals surface area (Å²) in [6, 6.07) is 18.1. The minimum atomic E-state index is -0.0613. The van der Waals surface area contributed by atoms with Gasteiger partial charge in [-0.25, -0.2) is 0 Å². The zero-order valence-corrected chi connectivity index (χ0v) is 21.6. The minimum absolute atomic E-state index is 0. The average molecular weight is 553 g/mol. The van der Waals surface area contributed by atoms with Crippen LogP contribution in [0, 0.1) is 0 Å². The van der Waals surface area contributed by atoms with E-state index in [4.69, 9.17) is 4.74 Å². The lowest BCUT2D eigenvalue weighted by molar-refractivity contribution is 0.0963. The number of benzene rings is 2. The summed E-state index contributed by atoms with van der Waals surface area (Å²) < 4.78 is 5.73. The lowest BCUT2D eigenvalue weighted by Crippen LogP contribution is -2.38. The normalized spacial score (nSPS) is 10.9. The number of unbranched alkanes of at least 4 members (excludes halogenated alkanes) is 1. The molecule has 2 rings (SSSR count). The Kier molecular flexibility index (Phi) is 15.2. The van der Waals surface area contributed by atoms with Gasteiger partial charge in [0.25, 0.3) is 5.91 Å². The Bertz CT molecular complexity index is 800. The summed E-state index contributed by atoms with van der Waals surface area (Å²) in [5.41, 5.74) is 3.12. The number of guanidine groups is 1. The van der Waals surface area contributed by atoms with Gasteiger partial charge in [-0.15, -0.1) is 24.0 Å². The first-order chi connectivity index (χ1) is 15.2. The average Bonchev–Trinajstić information content (AvgIpc) is 2.81. The summed E-state index contributed by atoms with van der Waals surface area (Å²) in [5.74, 6) is 0.767. The smallest absolute Gasteiger partial charge is 0.251 e. The van der Waals surface area contributed by atoms with Crippen LogP contribution in [-0.2, 0) is 17.6 Å². The number of amides is 1. The van der Waals surface area contributed by atoms with E-state index in [-0.39, 0.29) is 29.9 Å². The first kappa shape index (κ1) is 27.9. The molecule has 0 fully saturated rings. The molecule has 2 aromatic rings. The summed E-state index contributed by atoms with van der Waals surface area (Å²) in [4.78, 5) is 16.4. The third-order valence-corrected chi connectivity index (χ3v) is 4.81. The lowest BCUT2D eigenvalue weighted by Gasteiger charge is -2.12. The maximum Gasteiger partial charge on any atom is 0.251 e. The summed E-state index contributed by atoms with van der Waals surface area (Å²) in [6.07, 6.45) is 3.78. The molecule has 176 valence electrons. The SMILES string of the molecule is CCNC(=NCCCCOCCc1ccccc1)NCCc1cccc(C(=O)NC)c1.I. The van der Waals surface area contributed by atoms with Crippen LogP contribution in [0.2, 0.25) is 0 Å². The van der Waals surface area contributed by atoms with Gasteiger partial charge >= 0.3 is 0 Å². The molecule has 0 aliphatic carbocycles. The first-order valence-electron chi connectivity index (χ1n) is 11.2. The van der Waals surface area contributed by atoms with E-state index >= 15 is 0 Å². The van der Waals surface area contributed by atoms with Gasteiger partial charge in [0.1, 0.15) is 0 Å². The molecular weight excluding hydrogens is 515 g/mol. The van der Waals surface area contributed by atoms with Crippen molar-refractivity contribution in [1.29, 1.82) is 0 Å². The van der Waals surface area contributed by atoms with E-state index in [1.165, 1.54) is 5.56 Å². The number of ether oxygens (including phenoxy) is 1. The number of carbonyl (C=O) groups excluding carboxylic acids is 1. The van der Waals surface area contributed by atoms with Crippen molar-refractivity contribution in [1.82, 2.24) is 16.0 Å². The largest absolute Gasteiger partial charge is 0.381 e. The van der Waals surface area contributed by atoms with Crippen LogP contribution < -0.4 is 16.0 Å². The zero-order valence-electron chi connectivity index (χ0n) is 19.2. The van der Waals surface area contributed by atoms with Crippen LogP contribution in [0.3, 0.4) is 0 Å². The number of carbonyl (C=O) groups is 1. The number of halogens is 1. The number of rotatable bonds is 13. The van der Waals surface area contributed by atoms with Gasteiger partial charge in [0.2, 0.25) is 0 Å². The Labute approximate surface area is 209 Å². The maximum atomic E-state index is 11.8. The van der Waals surface area contributed by atoms with Crippen molar-refractivity contribution >= 4 is 35.8 Å². The molecule has 32 heavy (non-hydrogen) atoms. The monoisotopic (exact) mass is 552 g/mol. The van der Waals surface area contributed by atoms with Crippen LogP contribution in [0.5, 0.6) is 0 Å². The topological polar surface area (TPSA) is 74.8 Å². The fraction of sp³-hybridized carbons (Fsp3) is 0.440. The summed E-state index contributed by atoms with van der Waals surface area (Å²) in [6.45, 7) is 5.94. The molecule has 0 saturated heterocycles. The third kappa shape index (κ3) is 11.5. The fourth-order valence-corrected chi connectivity index (χ4v) is 3.12. The minimum Gasteiger partial charge on any atom is -0.381 e. The predicted octanol–water partition coefficient (Wildman–Crippen LogP) is 3.80. The Hall–Kier alpha value is -2.13. The molecule has 0 radical (unpaired) electrons. The van der Waals surface area contributed by atoms with E-state index in [2.05, 4.69) is 52.1 Å². The van der Waals surface area contributed by atoms with Crippen LogP contribution in [-0.4, -0.2) is 51.8 Å². The van der Waals surface area contributed by atoms with Crippen molar-refractivity contribution in [2.24, 2.45) is 4.99 Å². The zero-order chi connectivity index (χ0) is 22.2. The van der Waals surface area contributed by atoms with Gasteiger partial charge < -0.3 is 20.7 Å². The first-order valence-corrected chi connectivity index (χ1v) is 11.2. The van der Waals surface area contributed by atoms with Crippen molar-refractivity contribution in [2.75, 3.05) is 39.9 Å². The molecule has 0 aromatic heterocycles. The van der Waals surface area contributed by atoms with E-state index in [1.807, 2.05) is 30.3 Å². The molecule has 0 unspecified atom stereocenters. The fourth-order valence-electron chi connectivity index (χ4n) is 3.12. The molecule has 6 nitrogen and oxygen atoms in total. The van der Waals surface area contributed by atoms with Crippen molar-refractivity contribution < 1.29 is 9.53 Å².